The van der Waals surface area contributed by atoms with Gasteiger partial charge >= 0.3 is 0 Å². The quantitative estimate of drug-likeness (QED) is 0.727. The molecule has 0 aromatic heterocycles. The largest absolute Gasteiger partial charge is 0.395 e. The van der Waals surface area contributed by atoms with E-state index in [2.05, 4.69) is 16.8 Å². The van der Waals surface area contributed by atoms with Crippen LogP contribution in [0.1, 0.15) is 19.3 Å². The molecular formula is C11H21FN2O. The zero-order valence-corrected chi connectivity index (χ0v) is 9.40. The standard InChI is InChI=1S/C11H21FN2O/c1-13-4-2-10(3-5-13)14-7-9(12)6-11(14)8-15/h9-11,15H,2-8H2,1H3/t9-,11-/m1/s1. The molecule has 0 saturated carbocycles. The highest BCUT2D eigenvalue weighted by molar-refractivity contribution is 4.91. The second kappa shape index (κ2) is 4.76. The smallest absolute Gasteiger partial charge is 0.114 e. The minimum atomic E-state index is -0.734. The fourth-order valence-corrected chi connectivity index (χ4v) is 2.84. The van der Waals surface area contributed by atoms with Gasteiger partial charge in [0.25, 0.3) is 0 Å². The van der Waals surface area contributed by atoms with Gasteiger partial charge in [0.15, 0.2) is 0 Å². The number of alkyl halides is 1. The fourth-order valence-electron chi connectivity index (χ4n) is 2.84. The second-order valence-electron chi connectivity index (χ2n) is 4.90. The molecule has 2 rings (SSSR count). The molecule has 0 unspecified atom stereocenters. The van der Waals surface area contributed by atoms with E-state index in [0.717, 1.165) is 25.9 Å². The number of halogens is 1. The van der Waals surface area contributed by atoms with Crippen molar-refractivity contribution >= 4 is 0 Å². The molecule has 0 spiro atoms. The van der Waals surface area contributed by atoms with Crippen molar-refractivity contribution in [1.82, 2.24) is 9.80 Å². The molecule has 2 saturated heterocycles. The summed E-state index contributed by atoms with van der Waals surface area (Å²) in [5, 5.41) is 9.22. The molecule has 15 heavy (non-hydrogen) atoms. The average Bonchev–Trinajstić information content (AvgIpc) is 2.61. The van der Waals surface area contributed by atoms with Crippen molar-refractivity contribution in [3.05, 3.63) is 0 Å². The Labute approximate surface area is 90.9 Å². The van der Waals surface area contributed by atoms with Crippen molar-refractivity contribution in [2.75, 3.05) is 33.3 Å². The topological polar surface area (TPSA) is 26.7 Å². The Morgan fingerprint density at radius 1 is 1.33 bits per heavy atom. The lowest BCUT2D eigenvalue weighted by Gasteiger charge is -2.37. The highest BCUT2D eigenvalue weighted by atomic mass is 19.1. The van der Waals surface area contributed by atoms with E-state index in [0.29, 0.717) is 19.0 Å². The average molecular weight is 216 g/mol. The molecule has 2 atom stereocenters. The van der Waals surface area contributed by atoms with Gasteiger partial charge in [0.05, 0.1) is 6.61 Å². The number of piperidine rings is 1. The highest BCUT2D eigenvalue weighted by Crippen LogP contribution is 2.27. The first-order valence-electron chi connectivity index (χ1n) is 5.90. The molecule has 2 aliphatic rings. The number of hydrogen-bond acceptors (Lipinski definition) is 3. The summed E-state index contributed by atoms with van der Waals surface area (Å²) in [6.45, 7) is 2.82. The lowest BCUT2D eigenvalue weighted by molar-refractivity contribution is 0.0784. The van der Waals surface area contributed by atoms with Crippen LogP contribution in [0, 0.1) is 0 Å². The number of nitrogens with zero attached hydrogens (tertiary/aromatic N) is 2. The molecule has 0 aromatic rings. The van der Waals surface area contributed by atoms with Gasteiger partial charge in [-0.1, -0.05) is 0 Å². The first kappa shape index (κ1) is 11.3. The van der Waals surface area contributed by atoms with E-state index in [-0.39, 0.29) is 12.6 Å². The highest BCUT2D eigenvalue weighted by Gasteiger charge is 2.36. The van der Waals surface area contributed by atoms with Crippen LogP contribution in [0.15, 0.2) is 0 Å². The minimum Gasteiger partial charge on any atom is -0.395 e. The van der Waals surface area contributed by atoms with Gasteiger partial charge in [-0.25, -0.2) is 4.39 Å². The maximum Gasteiger partial charge on any atom is 0.114 e. The van der Waals surface area contributed by atoms with E-state index in [4.69, 9.17) is 0 Å². The zero-order chi connectivity index (χ0) is 10.8. The predicted molar refractivity (Wildman–Crippen MR) is 57.6 cm³/mol. The molecule has 2 aliphatic heterocycles. The third-order valence-electron chi connectivity index (χ3n) is 3.77. The van der Waals surface area contributed by atoms with Gasteiger partial charge < -0.3 is 10.0 Å². The summed E-state index contributed by atoms with van der Waals surface area (Å²) >= 11 is 0. The number of hydrogen-bond donors (Lipinski definition) is 1. The molecule has 3 nitrogen and oxygen atoms in total. The normalized spacial score (nSPS) is 36.2. The summed E-state index contributed by atoms with van der Waals surface area (Å²) in [6, 6.07) is 0.549. The molecular weight excluding hydrogens is 195 g/mol. The first-order valence-corrected chi connectivity index (χ1v) is 5.90. The van der Waals surface area contributed by atoms with Crippen molar-refractivity contribution in [3.63, 3.8) is 0 Å². The first-order chi connectivity index (χ1) is 7.20. The van der Waals surface area contributed by atoms with Crippen molar-refractivity contribution in [2.24, 2.45) is 0 Å². The third kappa shape index (κ3) is 2.49. The molecule has 1 N–H and O–H groups in total. The Morgan fingerprint density at radius 3 is 2.60 bits per heavy atom. The minimum absolute atomic E-state index is 0.0633. The maximum absolute atomic E-state index is 13.3. The summed E-state index contributed by atoms with van der Waals surface area (Å²) < 4.78 is 13.3. The zero-order valence-electron chi connectivity index (χ0n) is 9.40. The summed E-state index contributed by atoms with van der Waals surface area (Å²) in [6.07, 6.45) is 2.00. The molecule has 0 radical (unpaired) electrons. The van der Waals surface area contributed by atoms with Gasteiger partial charge in [-0.2, -0.15) is 0 Å². The van der Waals surface area contributed by atoms with Gasteiger partial charge in [-0.15, -0.1) is 0 Å². The van der Waals surface area contributed by atoms with Crippen LogP contribution in [0.4, 0.5) is 4.39 Å². The van der Waals surface area contributed by atoms with Crippen LogP contribution >= 0.6 is 0 Å². The van der Waals surface area contributed by atoms with Crippen LogP contribution in [-0.2, 0) is 0 Å². The van der Waals surface area contributed by atoms with Crippen LogP contribution in [0.3, 0.4) is 0 Å². The molecule has 2 fully saturated rings. The van der Waals surface area contributed by atoms with Crippen LogP contribution in [0.5, 0.6) is 0 Å². The molecule has 2 heterocycles. The van der Waals surface area contributed by atoms with Crippen molar-refractivity contribution in [1.29, 1.82) is 0 Å². The van der Waals surface area contributed by atoms with Crippen LogP contribution < -0.4 is 0 Å². The Kier molecular flexibility index (Phi) is 3.59. The second-order valence-corrected chi connectivity index (χ2v) is 4.90. The van der Waals surface area contributed by atoms with Crippen molar-refractivity contribution in [2.45, 2.75) is 37.5 Å². The molecule has 0 aromatic carbocycles. The molecule has 0 aliphatic carbocycles. The molecule has 88 valence electrons. The summed E-state index contributed by atoms with van der Waals surface area (Å²) in [7, 11) is 2.13. The number of aliphatic hydroxyl groups excluding tert-OH is 1. The molecule has 0 bridgehead atoms. The van der Waals surface area contributed by atoms with Gasteiger partial charge in [-0.3, -0.25) is 4.90 Å². The van der Waals surface area contributed by atoms with Gasteiger partial charge in [-0.05, 0) is 39.4 Å². The monoisotopic (exact) mass is 216 g/mol. The lowest BCUT2D eigenvalue weighted by Crippen LogP contribution is -2.46. The molecule has 0 amide bonds. The lowest BCUT2D eigenvalue weighted by atomic mass is 10.0. The van der Waals surface area contributed by atoms with E-state index >= 15 is 0 Å². The Balaban J connectivity index is 1.91. The molecule has 4 heteroatoms. The van der Waals surface area contributed by atoms with E-state index < -0.39 is 6.17 Å². The number of aliphatic hydroxyl groups is 1. The van der Waals surface area contributed by atoms with Gasteiger partial charge in [0, 0.05) is 18.6 Å². The van der Waals surface area contributed by atoms with Crippen LogP contribution in [0.25, 0.3) is 0 Å². The summed E-state index contributed by atoms with van der Waals surface area (Å²) in [4.78, 5) is 4.51. The van der Waals surface area contributed by atoms with E-state index in [1.807, 2.05) is 0 Å². The Morgan fingerprint density at radius 2 is 2.00 bits per heavy atom. The van der Waals surface area contributed by atoms with E-state index in [9.17, 15) is 9.50 Å². The summed E-state index contributed by atoms with van der Waals surface area (Å²) in [5.41, 5.74) is 0. The summed E-state index contributed by atoms with van der Waals surface area (Å²) in [5.74, 6) is 0. The van der Waals surface area contributed by atoms with Gasteiger partial charge in [0.1, 0.15) is 6.17 Å². The number of likely N-dealkylation sites (tertiary alicyclic amines) is 2. The maximum atomic E-state index is 13.3. The third-order valence-corrected chi connectivity index (χ3v) is 3.77. The fraction of sp³-hybridized carbons (Fsp3) is 1.00. The van der Waals surface area contributed by atoms with Crippen molar-refractivity contribution < 1.29 is 9.50 Å². The SMILES string of the molecule is CN1CCC(N2C[C@H](F)C[C@@H]2CO)CC1. The van der Waals surface area contributed by atoms with E-state index in [1.54, 1.807) is 0 Å². The number of rotatable bonds is 2. The van der Waals surface area contributed by atoms with Gasteiger partial charge in [0.2, 0.25) is 0 Å². The van der Waals surface area contributed by atoms with Crippen LogP contribution in [-0.4, -0.2) is 66.5 Å². The predicted octanol–water partition coefficient (Wildman–Crippen LogP) is 0.485. The van der Waals surface area contributed by atoms with Crippen molar-refractivity contribution in [3.8, 4) is 0 Å². The van der Waals surface area contributed by atoms with E-state index in [1.165, 1.54) is 0 Å². The Bertz CT molecular complexity index is 207. The Hall–Kier alpha value is -0.190. The van der Waals surface area contributed by atoms with Crippen LogP contribution in [0.2, 0.25) is 0 Å².